The number of fused-ring (bicyclic) bond motifs is 2. The van der Waals surface area contributed by atoms with Gasteiger partial charge in [-0.2, -0.15) is 0 Å². The first-order valence-electron chi connectivity index (χ1n) is 9.56. The average molecular weight is 425 g/mol. The van der Waals surface area contributed by atoms with E-state index in [1.165, 1.54) is 11.8 Å². The Hall–Kier alpha value is -3.32. The van der Waals surface area contributed by atoms with Gasteiger partial charge in [-0.3, -0.25) is 14.4 Å². The molecule has 3 aromatic rings. The predicted octanol–water partition coefficient (Wildman–Crippen LogP) is 2.55. The normalized spacial score (nSPS) is 17.5. The fraction of sp³-hybridized carbons (Fsp3) is 0.227. The minimum absolute atomic E-state index is 0.217. The summed E-state index contributed by atoms with van der Waals surface area (Å²) in [5, 5.41) is 4.45. The minimum atomic E-state index is -0.604. The van der Waals surface area contributed by atoms with Crippen LogP contribution in [0.5, 0.6) is 0 Å². The van der Waals surface area contributed by atoms with E-state index in [1.54, 1.807) is 18.2 Å². The molecule has 154 valence electrons. The van der Waals surface area contributed by atoms with Gasteiger partial charge in [0.1, 0.15) is 5.69 Å². The zero-order valence-corrected chi connectivity index (χ0v) is 17.1. The number of aromatic amines is 1. The van der Waals surface area contributed by atoms with Crippen LogP contribution < -0.4 is 11.1 Å². The van der Waals surface area contributed by atoms with E-state index in [4.69, 9.17) is 17.3 Å². The molecule has 2 aromatic carbocycles. The molecule has 0 saturated heterocycles. The molecule has 4 rings (SSSR count). The highest BCUT2D eigenvalue weighted by Crippen LogP contribution is 2.36. The van der Waals surface area contributed by atoms with Crippen LogP contribution in [0, 0.1) is 0 Å². The number of primary amides is 1. The molecule has 0 bridgehead atoms. The lowest BCUT2D eigenvalue weighted by molar-refractivity contribution is -0.136. The molecule has 4 N–H and O–H groups in total. The van der Waals surface area contributed by atoms with Crippen molar-refractivity contribution in [1.29, 1.82) is 0 Å². The molecule has 8 heteroatoms. The predicted molar refractivity (Wildman–Crippen MR) is 114 cm³/mol. The Morgan fingerprint density at radius 2 is 1.97 bits per heavy atom. The molecule has 1 aliphatic carbocycles. The van der Waals surface area contributed by atoms with Crippen LogP contribution in [0.4, 0.5) is 0 Å². The Bertz CT molecular complexity index is 1160. The average Bonchev–Trinajstić information content (AvgIpc) is 3.26. The van der Waals surface area contributed by atoms with Crippen molar-refractivity contribution >= 4 is 40.2 Å². The van der Waals surface area contributed by atoms with E-state index >= 15 is 0 Å². The van der Waals surface area contributed by atoms with Crippen molar-refractivity contribution < 1.29 is 14.4 Å². The molecular weight excluding hydrogens is 404 g/mol. The highest BCUT2D eigenvalue weighted by molar-refractivity contribution is 6.31. The number of nitrogens with one attached hydrogen (secondary N) is 2. The number of carbonyl (C=O) groups is 3. The highest BCUT2D eigenvalue weighted by atomic mass is 35.5. The summed E-state index contributed by atoms with van der Waals surface area (Å²) >= 11 is 6.03. The summed E-state index contributed by atoms with van der Waals surface area (Å²) in [7, 11) is 0. The number of carbonyl (C=O) groups excluding carboxylic acids is 3. The second kappa shape index (κ2) is 7.84. The number of amides is 3. The third-order valence-electron chi connectivity index (χ3n) is 5.41. The molecule has 2 atom stereocenters. The van der Waals surface area contributed by atoms with E-state index in [9.17, 15) is 14.4 Å². The van der Waals surface area contributed by atoms with Gasteiger partial charge in [-0.15, -0.1) is 0 Å². The van der Waals surface area contributed by atoms with Gasteiger partial charge in [0, 0.05) is 22.8 Å². The maximum atomic E-state index is 13.0. The van der Waals surface area contributed by atoms with Gasteiger partial charge >= 0.3 is 0 Å². The maximum Gasteiger partial charge on any atom is 0.268 e. The van der Waals surface area contributed by atoms with Gasteiger partial charge in [0.25, 0.3) is 5.91 Å². The Morgan fingerprint density at radius 1 is 1.20 bits per heavy atom. The van der Waals surface area contributed by atoms with E-state index in [2.05, 4.69) is 10.3 Å². The Kier molecular flexibility index (Phi) is 5.22. The van der Waals surface area contributed by atoms with Crippen LogP contribution in [0.1, 0.15) is 34.6 Å². The van der Waals surface area contributed by atoms with Crippen LogP contribution in [-0.2, 0) is 16.0 Å². The molecule has 0 radical (unpaired) electrons. The summed E-state index contributed by atoms with van der Waals surface area (Å²) in [5.41, 5.74) is 8.50. The largest absolute Gasteiger partial charge is 0.368 e. The number of hydrogen-bond donors (Lipinski definition) is 3. The Morgan fingerprint density at radius 3 is 2.70 bits per heavy atom. The third kappa shape index (κ3) is 3.76. The molecule has 30 heavy (non-hydrogen) atoms. The zero-order chi connectivity index (χ0) is 21.4. The van der Waals surface area contributed by atoms with Gasteiger partial charge < -0.3 is 20.9 Å². The first kappa shape index (κ1) is 20.0. The Balaban J connectivity index is 1.64. The number of hydrogen-bond acceptors (Lipinski definition) is 3. The smallest absolute Gasteiger partial charge is 0.268 e. The molecule has 7 nitrogen and oxygen atoms in total. The molecule has 0 aliphatic heterocycles. The van der Waals surface area contributed by atoms with Crippen molar-refractivity contribution in [2.45, 2.75) is 25.4 Å². The first-order chi connectivity index (χ1) is 14.3. The standard InChI is InChI=1S/C22H21ClN4O3/c1-12(28)27(11-20(24)29)21-16-5-3-2-4-13(16)9-18(21)26-22(30)19-10-14-8-15(23)6-7-17(14)25-19/h2-8,10,18,21,25H,9,11H2,1H3,(H2,24,29)(H,26,30)/t18-,21-/m1/s1. The van der Waals surface area contributed by atoms with Crippen molar-refractivity contribution in [2.75, 3.05) is 6.54 Å². The number of benzene rings is 2. The van der Waals surface area contributed by atoms with E-state index in [1.807, 2.05) is 30.3 Å². The van der Waals surface area contributed by atoms with Crippen LogP contribution in [-0.4, -0.2) is 40.2 Å². The maximum absolute atomic E-state index is 13.0. The Labute approximate surface area is 178 Å². The lowest BCUT2D eigenvalue weighted by Gasteiger charge is -2.32. The van der Waals surface area contributed by atoms with Crippen molar-refractivity contribution in [3.05, 3.63) is 70.4 Å². The molecule has 0 spiro atoms. The monoisotopic (exact) mass is 424 g/mol. The summed E-state index contributed by atoms with van der Waals surface area (Å²) in [5.74, 6) is -1.19. The lowest BCUT2D eigenvalue weighted by atomic mass is 10.0. The fourth-order valence-corrected chi connectivity index (χ4v) is 4.31. The number of halogens is 1. The summed E-state index contributed by atoms with van der Waals surface area (Å²) < 4.78 is 0. The first-order valence-corrected chi connectivity index (χ1v) is 9.93. The SMILES string of the molecule is CC(=O)N(CC(N)=O)[C@@H]1c2ccccc2C[C@H]1NC(=O)c1cc2cc(Cl)ccc2[nH]1. The third-order valence-corrected chi connectivity index (χ3v) is 5.64. The molecule has 1 aromatic heterocycles. The molecule has 1 aliphatic rings. The molecule has 3 amide bonds. The van der Waals surface area contributed by atoms with E-state index in [0.717, 1.165) is 22.0 Å². The van der Waals surface area contributed by atoms with Crippen LogP contribution >= 0.6 is 11.6 Å². The fourth-order valence-electron chi connectivity index (χ4n) is 4.13. The topological polar surface area (TPSA) is 108 Å². The van der Waals surface area contributed by atoms with E-state index < -0.39 is 18.0 Å². The summed E-state index contributed by atoms with van der Waals surface area (Å²) in [6.45, 7) is 1.18. The molecule has 0 fully saturated rings. The van der Waals surface area contributed by atoms with Crippen LogP contribution in [0.2, 0.25) is 5.02 Å². The number of nitrogens with zero attached hydrogens (tertiary/aromatic N) is 1. The molecule has 0 saturated carbocycles. The van der Waals surface area contributed by atoms with Gasteiger partial charge in [-0.25, -0.2) is 0 Å². The lowest BCUT2D eigenvalue weighted by Crippen LogP contribution is -2.48. The number of nitrogens with two attached hydrogens (primary N) is 1. The summed E-state index contributed by atoms with van der Waals surface area (Å²) in [6, 6.07) is 13.9. The number of rotatable bonds is 5. The van der Waals surface area contributed by atoms with Crippen LogP contribution in [0.3, 0.4) is 0 Å². The van der Waals surface area contributed by atoms with E-state index in [0.29, 0.717) is 17.1 Å². The zero-order valence-electron chi connectivity index (χ0n) is 16.3. The van der Waals surface area contributed by atoms with Crippen molar-refractivity contribution in [3.8, 4) is 0 Å². The van der Waals surface area contributed by atoms with Crippen molar-refractivity contribution in [2.24, 2.45) is 5.73 Å². The van der Waals surface area contributed by atoms with Gasteiger partial charge in [-0.1, -0.05) is 35.9 Å². The van der Waals surface area contributed by atoms with Crippen molar-refractivity contribution in [1.82, 2.24) is 15.2 Å². The van der Waals surface area contributed by atoms with Gasteiger partial charge in [-0.05, 0) is 41.8 Å². The second-order valence-corrected chi connectivity index (χ2v) is 7.89. The summed E-state index contributed by atoms with van der Waals surface area (Å²) in [4.78, 5) is 41.4. The van der Waals surface area contributed by atoms with Crippen molar-refractivity contribution in [3.63, 3.8) is 0 Å². The molecular formula is C22H21ClN4O3. The quantitative estimate of drug-likeness (QED) is 0.585. The molecule has 0 unspecified atom stereocenters. The van der Waals surface area contributed by atoms with Gasteiger partial charge in [0.05, 0.1) is 18.6 Å². The summed E-state index contributed by atoms with van der Waals surface area (Å²) in [6.07, 6.45) is 0.543. The second-order valence-electron chi connectivity index (χ2n) is 7.46. The minimum Gasteiger partial charge on any atom is -0.368 e. The highest BCUT2D eigenvalue weighted by Gasteiger charge is 2.39. The number of aromatic nitrogens is 1. The molecule has 1 heterocycles. The van der Waals surface area contributed by atoms with Crippen LogP contribution in [0.15, 0.2) is 48.5 Å². The van der Waals surface area contributed by atoms with Crippen LogP contribution in [0.25, 0.3) is 10.9 Å². The van der Waals surface area contributed by atoms with E-state index in [-0.39, 0.29) is 18.4 Å². The van der Waals surface area contributed by atoms with Gasteiger partial charge in [0.15, 0.2) is 0 Å². The number of H-pyrrole nitrogens is 1. The van der Waals surface area contributed by atoms with Gasteiger partial charge in [0.2, 0.25) is 11.8 Å².